The molecule has 0 amide bonds. The van der Waals surface area contributed by atoms with Gasteiger partial charge >= 0.3 is 0 Å². The minimum Gasteiger partial charge on any atom is -0.383 e. The SMILES string of the molecule is CCCCC(=S)NC[Si](C)(C)C. The zero-order valence-electron chi connectivity index (χ0n) is 8.74. The van der Waals surface area contributed by atoms with Crippen LogP contribution < -0.4 is 5.32 Å². The van der Waals surface area contributed by atoms with E-state index < -0.39 is 8.07 Å². The first-order valence-electron chi connectivity index (χ1n) is 4.72. The molecule has 0 saturated heterocycles. The molecule has 0 radical (unpaired) electrons. The lowest BCUT2D eigenvalue weighted by Crippen LogP contribution is -2.39. The van der Waals surface area contributed by atoms with Gasteiger partial charge in [-0.2, -0.15) is 0 Å². The summed E-state index contributed by atoms with van der Waals surface area (Å²) in [6.07, 6.45) is 4.64. The molecule has 0 unspecified atom stereocenters. The van der Waals surface area contributed by atoms with Crippen LogP contribution in [0, 0.1) is 0 Å². The summed E-state index contributed by atoms with van der Waals surface area (Å²) in [5, 5.41) is 3.35. The Kier molecular flexibility index (Phi) is 5.75. The van der Waals surface area contributed by atoms with Gasteiger partial charge in [0.1, 0.15) is 0 Å². The maximum Gasteiger partial charge on any atom is 0.0750 e. The molecule has 0 aliphatic carbocycles. The molecule has 0 bridgehead atoms. The Balaban J connectivity index is 3.44. The van der Waals surface area contributed by atoms with E-state index in [0.717, 1.165) is 17.6 Å². The molecule has 0 rings (SSSR count). The number of hydrogen-bond donors (Lipinski definition) is 1. The normalized spacial score (nSPS) is 11.3. The summed E-state index contributed by atoms with van der Waals surface area (Å²) < 4.78 is 0. The quantitative estimate of drug-likeness (QED) is 0.544. The lowest BCUT2D eigenvalue weighted by Gasteiger charge is -2.17. The summed E-state index contributed by atoms with van der Waals surface area (Å²) in [6, 6.07) is 0. The maximum absolute atomic E-state index is 5.20. The summed E-state index contributed by atoms with van der Waals surface area (Å²) >= 11 is 5.20. The Labute approximate surface area is 82.9 Å². The van der Waals surface area contributed by atoms with Gasteiger partial charge in [-0.1, -0.05) is 45.2 Å². The highest BCUT2D eigenvalue weighted by molar-refractivity contribution is 7.80. The minimum absolute atomic E-state index is 0.958. The Bertz CT molecular complexity index is 140. The van der Waals surface area contributed by atoms with Gasteiger partial charge in [0.05, 0.1) is 13.1 Å². The van der Waals surface area contributed by atoms with E-state index in [1.165, 1.54) is 12.8 Å². The van der Waals surface area contributed by atoms with E-state index in [1.807, 2.05) is 0 Å². The molecule has 3 heteroatoms. The molecule has 0 saturated carbocycles. The third kappa shape index (κ3) is 8.21. The Hall–Kier alpha value is 0.107. The molecular weight excluding hydrogens is 182 g/mol. The number of unbranched alkanes of at least 4 members (excludes halogenated alkanes) is 1. The van der Waals surface area contributed by atoms with Crippen LogP contribution in [0.3, 0.4) is 0 Å². The highest BCUT2D eigenvalue weighted by Gasteiger charge is 2.12. The molecule has 0 heterocycles. The standard InChI is InChI=1S/C9H21NSSi/c1-5-6-7-9(11)10-8-12(2,3)4/h5-8H2,1-4H3,(H,10,11). The highest BCUT2D eigenvalue weighted by Crippen LogP contribution is 1.99. The Morgan fingerprint density at radius 2 is 1.92 bits per heavy atom. The van der Waals surface area contributed by atoms with Crippen molar-refractivity contribution in [1.82, 2.24) is 5.32 Å². The van der Waals surface area contributed by atoms with E-state index >= 15 is 0 Å². The fourth-order valence-electron chi connectivity index (χ4n) is 0.789. The van der Waals surface area contributed by atoms with E-state index in [1.54, 1.807) is 0 Å². The van der Waals surface area contributed by atoms with E-state index in [4.69, 9.17) is 12.2 Å². The molecule has 0 atom stereocenters. The van der Waals surface area contributed by atoms with E-state index in [0.29, 0.717) is 0 Å². The van der Waals surface area contributed by atoms with Crippen LogP contribution in [-0.2, 0) is 0 Å². The number of thiocarbonyl (C=S) groups is 1. The predicted octanol–water partition coefficient (Wildman–Crippen LogP) is 2.97. The van der Waals surface area contributed by atoms with Crippen molar-refractivity contribution in [3.05, 3.63) is 0 Å². The second-order valence-corrected chi connectivity index (χ2v) is 10.4. The summed E-state index contributed by atoms with van der Waals surface area (Å²) in [4.78, 5) is 1.05. The molecule has 0 fully saturated rings. The van der Waals surface area contributed by atoms with Crippen molar-refractivity contribution in [2.45, 2.75) is 45.8 Å². The van der Waals surface area contributed by atoms with Crippen molar-refractivity contribution in [3.63, 3.8) is 0 Å². The van der Waals surface area contributed by atoms with Gasteiger partial charge in [-0.15, -0.1) is 0 Å². The van der Waals surface area contributed by atoms with E-state index in [-0.39, 0.29) is 0 Å². The van der Waals surface area contributed by atoms with Crippen LogP contribution in [0.25, 0.3) is 0 Å². The van der Waals surface area contributed by atoms with Gasteiger partial charge in [0.25, 0.3) is 0 Å². The summed E-state index contributed by atoms with van der Waals surface area (Å²) in [6.45, 7) is 9.24. The van der Waals surface area contributed by atoms with Crippen molar-refractivity contribution in [1.29, 1.82) is 0 Å². The average molecular weight is 203 g/mol. The molecule has 0 aromatic rings. The molecular formula is C9H21NSSi. The predicted molar refractivity (Wildman–Crippen MR) is 63.5 cm³/mol. The zero-order chi connectivity index (χ0) is 9.61. The fraction of sp³-hybridized carbons (Fsp3) is 0.889. The van der Waals surface area contributed by atoms with Gasteiger partial charge in [0.15, 0.2) is 0 Å². The Morgan fingerprint density at radius 3 is 2.33 bits per heavy atom. The second kappa shape index (κ2) is 5.70. The van der Waals surface area contributed by atoms with Crippen molar-refractivity contribution in [2.24, 2.45) is 0 Å². The lowest BCUT2D eigenvalue weighted by atomic mass is 10.2. The molecule has 1 nitrogen and oxygen atoms in total. The maximum atomic E-state index is 5.20. The van der Waals surface area contributed by atoms with Crippen LogP contribution in [0.1, 0.15) is 26.2 Å². The van der Waals surface area contributed by atoms with Gasteiger partial charge in [-0.3, -0.25) is 0 Å². The summed E-state index contributed by atoms with van der Waals surface area (Å²) in [7, 11) is -0.958. The fourth-order valence-corrected chi connectivity index (χ4v) is 1.88. The van der Waals surface area contributed by atoms with Crippen LogP contribution in [0.4, 0.5) is 0 Å². The third-order valence-corrected chi connectivity index (χ3v) is 3.16. The van der Waals surface area contributed by atoms with Gasteiger partial charge in [-0.05, 0) is 12.8 Å². The first-order chi connectivity index (χ1) is 5.45. The monoisotopic (exact) mass is 203 g/mol. The lowest BCUT2D eigenvalue weighted by molar-refractivity contribution is 0.823. The van der Waals surface area contributed by atoms with Gasteiger partial charge in [-0.25, -0.2) is 0 Å². The van der Waals surface area contributed by atoms with Crippen LogP contribution in [0.5, 0.6) is 0 Å². The van der Waals surface area contributed by atoms with Crippen LogP contribution in [-0.4, -0.2) is 19.2 Å². The van der Waals surface area contributed by atoms with Crippen molar-refractivity contribution >= 4 is 25.3 Å². The van der Waals surface area contributed by atoms with Gasteiger partial charge < -0.3 is 5.32 Å². The average Bonchev–Trinajstić information content (AvgIpc) is 1.95. The zero-order valence-corrected chi connectivity index (χ0v) is 10.6. The molecule has 0 aromatic heterocycles. The molecule has 0 aliphatic heterocycles. The molecule has 1 N–H and O–H groups in total. The smallest absolute Gasteiger partial charge is 0.0750 e. The summed E-state index contributed by atoms with van der Waals surface area (Å²) in [5.74, 6) is 0. The van der Waals surface area contributed by atoms with Crippen molar-refractivity contribution in [2.75, 3.05) is 6.17 Å². The molecule has 72 valence electrons. The molecule has 12 heavy (non-hydrogen) atoms. The number of hydrogen-bond acceptors (Lipinski definition) is 1. The van der Waals surface area contributed by atoms with Crippen LogP contribution >= 0.6 is 12.2 Å². The first-order valence-corrected chi connectivity index (χ1v) is 8.84. The summed E-state index contributed by atoms with van der Waals surface area (Å²) in [5.41, 5.74) is 0. The molecule has 0 aromatic carbocycles. The number of nitrogens with one attached hydrogen (secondary N) is 1. The van der Waals surface area contributed by atoms with Crippen molar-refractivity contribution < 1.29 is 0 Å². The minimum atomic E-state index is -0.958. The highest BCUT2D eigenvalue weighted by atomic mass is 32.1. The van der Waals surface area contributed by atoms with Crippen LogP contribution in [0.2, 0.25) is 19.6 Å². The van der Waals surface area contributed by atoms with Crippen molar-refractivity contribution in [3.8, 4) is 0 Å². The Morgan fingerprint density at radius 1 is 1.33 bits per heavy atom. The van der Waals surface area contributed by atoms with Gasteiger partial charge in [0.2, 0.25) is 0 Å². The molecule has 0 aliphatic rings. The third-order valence-electron chi connectivity index (χ3n) is 1.57. The first kappa shape index (κ1) is 12.1. The van der Waals surface area contributed by atoms with Crippen LogP contribution in [0.15, 0.2) is 0 Å². The number of rotatable bonds is 5. The van der Waals surface area contributed by atoms with E-state index in [2.05, 4.69) is 31.9 Å². The largest absolute Gasteiger partial charge is 0.383 e. The topological polar surface area (TPSA) is 12.0 Å². The van der Waals surface area contributed by atoms with E-state index in [9.17, 15) is 0 Å². The van der Waals surface area contributed by atoms with Gasteiger partial charge in [0, 0.05) is 6.17 Å². The molecule has 0 spiro atoms. The second-order valence-electron chi connectivity index (χ2n) is 4.44.